The first-order chi connectivity index (χ1) is 9.66. The predicted octanol–water partition coefficient (Wildman–Crippen LogP) is 6.77. The van der Waals surface area contributed by atoms with Crippen molar-refractivity contribution in [2.45, 2.75) is 58.8 Å². The van der Waals surface area contributed by atoms with Crippen LogP contribution in [-0.4, -0.2) is 0 Å². The van der Waals surface area contributed by atoms with Crippen LogP contribution in [0.15, 0.2) is 48.5 Å². The van der Waals surface area contributed by atoms with Gasteiger partial charge in [0.25, 0.3) is 0 Å². The Hall–Kier alpha value is -0.183. The van der Waals surface area contributed by atoms with Gasteiger partial charge in [-0.2, -0.15) is 0 Å². The molecule has 25 heavy (non-hydrogen) atoms. The monoisotopic (exact) mass is 678 g/mol. The van der Waals surface area contributed by atoms with Gasteiger partial charge in [-0.15, -0.1) is 0 Å². The molecule has 0 radical (unpaired) electrons. The summed E-state index contributed by atoms with van der Waals surface area (Å²) in [6, 6.07) is 18.1. The van der Waals surface area contributed by atoms with E-state index in [2.05, 4.69) is 90.1 Å². The van der Waals surface area contributed by atoms with Gasteiger partial charge in [0.15, 0.2) is 0 Å². The van der Waals surface area contributed by atoms with Crippen molar-refractivity contribution >= 4 is 0 Å². The minimum absolute atomic E-state index is 0. The van der Waals surface area contributed by atoms with Gasteiger partial charge in [0, 0.05) is 42.1 Å². The van der Waals surface area contributed by atoms with Gasteiger partial charge < -0.3 is 14.9 Å². The van der Waals surface area contributed by atoms with Crippen LogP contribution in [0.4, 0.5) is 0 Å². The number of hydrogen-bond acceptors (Lipinski definition) is 0. The molecule has 0 heterocycles. The largest absolute Gasteiger partial charge is 0.358 e. The third kappa shape index (κ3) is 8.84. The molecule has 0 aliphatic heterocycles. The maximum Gasteiger partial charge on any atom is 0 e. The van der Waals surface area contributed by atoms with Gasteiger partial charge in [0.2, 0.25) is 0 Å². The number of rotatable bonds is 2. The van der Waals surface area contributed by atoms with Gasteiger partial charge in [-0.1, -0.05) is 90.1 Å². The fourth-order valence-electron chi connectivity index (χ4n) is 2.48. The molecule has 0 aromatic heterocycles. The standard InChI is InChI=1S/C21H28.2CH3.2W/c1-20(2,3)18-11-7-16(8-12-18)15-17-9-13-19(14-10-17)21(4,5)6;;;;/h7-14H,15H2,1-6H3;2*1H3;;/q;2*-1;;. The Balaban J connectivity index is -0.00000121. The molecule has 0 fully saturated rings. The third-order valence-corrected chi connectivity index (χ3v) is 4.05. The molecule has 2 rings (SSSR count). The average Bonchev–Trinajstić information content (AvgIpc) is 2.38. The Morgan fingerprint density at radius 2 is 0.760 bits per heavy atom. The van der Waals surface area contributed by atoms with Crippen molar-refractivity contribution in [3.63, 3.8) is 0 Å². The Bertz CT molecular complexity index is 526. The number of hydrogen-bond donors (Lipinski definition) is 0. The Morgan fingerprint density at radius 1 is 0.520 bits per heavy atom. The van der Waals surface area contributed by atoms with Crippen LogP contribution in [-0.2, 0) is 59.4 Å². The molecule has 2 aromatic rings. The van der Waals surface area contributed by atoms with E-state index in [-0.39, 0.29) is 67.8 Å². The molecule has 0 bridgehead atoms. The Morgan fingerprint density at radius 3 is 0.960 bits per heavy atom. The Labute approximate surface area is 185 Å². The van der Waals surface area contributed by atoms with Crippen LogP contribution >= 0.6 is 0 Å². The molecule has 0 atom stereocenters. The van der Waals surface area contributed by atoms with Crippen LogP contribution in [0.1, 0.15) is 63.8 Å². The molecule has 0 spiro atoms. The predicted molar refractivity (Wildman–Crippen MR) is 106 cm³/mol. The summed E-state index contributed by atoms with van der Waals surface area (Å²) in [6.45, 7) is 13.5. The van der Waals surface area contributed by atoms with Crippen LogP contribution in [0, 0.1) is 14.9 Å². The maximum atomic E-state index is 2.26. The summed E-state index contributed by atoms with van der Waals surface area (Å²) in [6.07, 6.45) is 1.01. The van der Waals surface area contributed by atoms with E-state index in [9.17, 15) is 0 Å². The third-order valence-electron chi connectivity index (χ3n) is 4.05. The van der Waals surface area contributed by atoms with Crippen molar-refractivity contribution in [1.82, 2.24) is 0 Å². The zero-order valence-electron chi connectivity index (χ0n) is 17.1. The average molecular weight is 678 g/mol. The fraction of sp³-hybridized carbons (Fsp3) is 0.391. The van der Waals surface area contributed by atoms with Gasteiger partial charge in [0.05, 0.1) is 0 Å². The van der Waals surface area contributed by atoms with Crippen molar-refractivity contribution < 1.29 is 42.1 Å². The molecule has 0 saturated heterocycles. The van der Waals surface area contributed by atoms with E-state index in [1.807, 2.05) is 0 Å². The van der Waals surface area contributed by atoms with Crippen molar-refractivity contribution in [3.8, 4) is 0 Å². The summed E-state index contributed by atoms with van der Waals surface area (Å²) in [5.41, 5.74) is 6.02. The first-order valence-electron chi connectivity index (χ1n) is 7.85. The molecule has 0 aliphatic rings. The second-order valence-corrected chi connectivity index (χ2v) is 8.07. The molecule has 0 amide bonds. The summed E-state index contributed by atoms with van der Waals surface area (Å²) in [4.78, 5) is 0. The summed E-state index contributed by atoms with van der Waals surface area (Å²) in [5.74, 6) is 0. The minimum Gasteiger partial charge on any atom is -0.358 e. The van der Waals surface area contributed by atoms with E-state index in [0.717, 1.165) is 6.42 Å². The van der Waals surface area contributed by atoms with Gasteiger partial charge in [0.1, 0.15) is 0 Å². The van der Waals surface area contributed by atoms with Gasteiger partial charge >= 0.3 is 0 Å². The first kappa shape index (κ1) is 29.6. The molecule has 0 nitrogen and oxygen atoms in total. The molecular formula is C23H34W2-2. The van der Waals surface area contributed by atoms with E-state index in [1.54, 1.807) is 0 Å². The van der Waals surface area contributed by atoms with Crippen LogP contribution < -0.4 is 0 Å². The fourth-order valence-corrected chi connectivity index (χ4v) is 2.48. The van der Waals surface area contributed by atoms with E-state index in [4.69, 9.17) is 0 Å². The van der Waals surface area contributed by atoms with Gasteiger partial charge in [-0.05, 0) is 39.5 Å². The summed E-state index contributed by atoms with van der Waals surface area (Å²) < 4.78 is 0. The molecule has 0 saturated carbocycles. The van der Waals surface area contributed by atoms with Crippen LogP contribution in [0.5, 0.6) is 0 Å². The molecule has 0 N–H and O–H groups in total. The first-order valence-corrected chi connectivity index (χ1v) is 7.85. The van der Waals surface area contributed by atoms with Gasteiger partial charge in [-0.3, -0.25) is 0 Å². The second-order valence-electron chi connectivity index (χ2n) is 8.07. The Kier molecular flexibility index (Phi) is 13.6. The maximum absolute atomic E-state index is 2.26. The topological polar surface area (TPSA) is 0 Å². The molecule has 2 heteroatoms. The van der Waals surface area contributed by atoms with Gasteiger partial charge in [-0.25, -0.2) is 0 Å². The normalized spacial score (nSPS) is 10.5. The summed E-state index contributed by atoms with van der Waals surface area (Å²) >= 11 is 0. The number of benzene rings is 2. The van der Waals surface area contributed by atoms with E-state index >= 15 is 0 Å². The van der Waals surface area contributed by atoms with Crippen molar-refractivity contribution in [3.05, 3.63) is 85.6 Å². The smallest absolute Gasteiger partial charge is 0 e. The molecule has 2 aromatic carbocycles. The molecule has 0 aliphatic carbocycles. The molecule has 0 unspecified atom stereocenters. The second kappa shape index (κ2) is 11.5. The van der Waals surface area contributed by atoms with Crippen LogP contribution in [0.2, 0.25) is 0 Å². The van der Waals surface area contributed by atoms with Crippen molar-refractivity contribution in [2.75, 3.05) is 0 Å². The zero-order valence-corrected chi connectivity index (χ0v) is 23.0. The van der Waals surface area contributed by atoms with E-state index in [1.165, 1.54) is 22.3 Å². The van der Waals surface area contributed by atoms with Crippen molar-refractivity contribution in [1.29, 1.82) is 0 Å². The zero-order chi connectivity index (χ0) is 15.7. The SMILES string of the molecule is CC(C)(C)c1ccc(Cc2ccc(C(C)(C)C)cc2)cc1.[CH3-].[CH3-].[W].[W]. The molecule has 140 valence electrons. The van der Waals surface area contributed by atoms with Crippen molar-refractivity contribution in [2.24, 2.45) is 0 Å². The summed E-state index contributed by atoms with van der Waals surface area (Å²) in [7, 11) is 0. The quantitative estimate of drug-likeness (QED) is 0.308. The molecular weight excluding hydrogens is 644 g/mol. The van der Waals surface area contributed by atoms with E-state index < -0.39 is 0 Å². The van der Waals surface area contributed by atoms with E-state index in [0.29, 0.717) is 0 Å². The van der Waals surface area contributed by atoms with Crippen LogP contribution in [0.25, 0.3) is 0 Å². The summed E-state index contributed by atoms with van der Waals surface area (Å²) in [5, 5.41) is 0. The van der Waals surface area contributed by atoms with Crippen LogP contribution in [0.3, 0.4) is 0 Å². The minimum atomic E-state index is 0.